The summed E-state index contributed by atoms with van der Waals surface area (Å²) in [5, 5.41) is 18.0. The summed E-state index contributed by atoms with van der Waals surface area (Å²) in [6, 6.07) is 9.57. The minimum absolute atomic E-state index is 0.00342. The lowest BCUT2D eigenvalue weighted by Gasteiger charge is -2.08. The number of aliphatic hydroxyl groups excluding tert-OH is 1. The van der Waals surface area contributed by atoms with Gasteiger partial charge in [-0.15, -0.1) is 11.8 Å². The molecule has 88 valence electrons. The topological polar surface area (TPSA) is 83.0 Å². The summed E-state index contributed by atoms with van der Waals surface area (Å²) < 4.78 is 0. The van der Waals surface area contributed by atoms with Crippen molar-refractivity contribution in [1.82, 2.24) is 4.98 Å². The monoisotopic (exact) mass is 247 g/mol. The smallest absolute Gasteiger partial charge is 0.125 e. The van der Waals surface area contributed by atoms with Crippen LogP contribution < -0.4 is 5.73 Å². The van der Waals surface area contributed by atoms with Gasteiger partial charge < -0.3 is 10.8 Å². The van der Waals surface area contributed by atoms with E-state index in [1.807, 2.05) is 30.3 Å². The van der Waals surface area contributed by atoms with E-state index < -0.39 is 0 Å². The zero-order valence-electron chi connectivity index (χ0n) is 9.18. The zero-order chi connectivity index (χ0) is 12.3. The molecule has 2 aromatic rings. The van der Waals surface area contributed by atoms with Crippen molar-refractivity contribution in [3.05, 3.63) is 35.9 Å². The highest BCUT2D eigenvalue weighted by atomic mass is 32.2. The van der Waals surface area contributed by atoms with Crippen LogP contribution in [0.3, 0.4) is 0 Å². The first-order chi connectivity index (χ1) is 8.22. The fourth-order valence-electron chi connectivity index (χ4n) is 1.54. The first kappa shape index (κ1) is 11.9. The number of amidine groups is 1. The molecule has 0 aliphatic carbocycles. The molecule has 4 N–H and O–H groups in total. The number of hydrogen-bond donors (Lipinski definition) is 3. The van der Waals surface area contributed by atoms with Crippen LogP contribution in [0.15, 0.2) is 35.4 Å². The van der Waals surface area contributed by atoms with Crippen molar-refractivity contribution in [2.24, 2.45) is 5.73 Å². The first-order valence-electron chi connectivity index (χ1n) is 5.20. The number of nitrogens with two attached hydrogens (primary N) is 1. The van der Waals surface area contributed by atoms with Gasteiger partial charge in [-0.05, 0) is 12.1 Å². The maximum absolute atomic E-state index is 8.84. The molecule has 0 spiro atoms. The van der Waals surface area contributed by atoms with Crippen LogP contribution in [-0.2, 0) is 0 Å². The van der Waals surface area contributed by atoms with Crippen molar-refractivity contribution in [1.29, 1.82) is 5.41 Å². The van der Waals surface area contributed by atoms with Crippen LogP contribution in [0, 0.1) is 5.41 Å². The Morgan fingerprint density at radius 3 is 2.88 bits per heavy atom. The molecule has 17 heavy (non-hydrogen) atoms. The molecule has 1 aromatic carbocycles. The number of fused-ring (bicyclic) bond motifs is 1. The lowest BCUT2D eigenvalue weighted by atomic mass is 10.1. The highest BCUT2D eigenvalue weighted by Crippen LogP contribution is 2.24. The van der Waals surface area contributed by atoms with Crippen molar-refractivity contribution in [3.8, 4) is 0 Å². The van der Waals surface area contributed by atoms with E-state index in [0.717, 1.165) is 10.9 Å². The van der Waals surface area contributed by atoms with Crippen molar-refractivity contribution < 1.29 is 5.11 Å². The zero-order valence-corrected chi connectivity index (χ0v) is 10.00. The van der Waals surface area contributed by atoms with Gasteiger partial charge in [0.05, 0.1) is 12.1 Å². The third-order valence-corrected chi connectivity index (χ3v) is 3.28. The molecule has 0 bridgehead atoms. The molecule has 0 fully saturated rings. The number of thioether (sulfide) groups is 1. The SMILES string of the molecule is N=C(N)c1cc2ccccc2nc1SCCO. The average Bonchev–Trinajstić information content (AvgIpc) is 2.35. The molecule has 0 aliphatic rings. The molecule has 4 nitrogen and oxygen atoms in total. The Hall–Kier alpha value is -1.59. The second-order valence-electron chi connectivity index (χ2n) is 3.52. The summed E-state index contributed by atoms with van der Waals surface area (Å²) in [5.74, 6) is 0.551. The Balaban J connectivity index is 2.54. The highest BCUT2D eigenvalue weighted by molar-refractivity contribution is 7.99. The fourth-order valence-corrected chi connectivity index (χ4v) is 2.32. The molecule has 0 saturated carbocycles. The largest absolute Gasteiger partial charge is 0.396 e. The number of nitrogens with zero attached hydrogens (tertiary/aromatic N) is 1. The quantitative estimate of drug-likeness (QED) is 0.435. The molecular weight excluding hydrogens is 234 g/mol. The molecular formula is C12H13N3OS. The van der Waals surface area contributed by atoms with E-state index >= 15 is 0 Å². The third-order valence-electron chi connectivity index (χ3n) is 2.31. The van der Waals surface area contributed by atoms with E-state index in [1.165, 1.54) is 11.8 Å². The number of nitrogen functional groups attached to an aromatic ring is 1. The van der Waals surface area contributed by atoms with E-state index in [0.29, 0.717) is 16.3 Å². The Morgan fingerprint density at radius 1 is 1.41 bits per heavy atom. The van der Waals surface area contributed by atoms with Gasteiger partial charge in [-0.1, -0.05) is 18.2 Å². The van der Waals surface area contributed by atoms with Gasteiger partial charge in [0, 0.05) is 16.7 Å². The van der Waals surface area contributed by atoms with Gasteiger partial charge in [0.2, 0.25) is 0 Å². The predicted octanol–water partition coefficient (Wildman–Crippen LogP) is 1.60. The lowest BCUT2D eigenvalue weighted by Crippen LogP contribution is -2.13. The first-order valence-corrected chi connectivity index (χ1v) is 6.19. The molecule has 0 atom stereocenters. The number of aromatic nitrogens is 1. The standard InChI is InChI=1S/C12H13N3OS/c13-11(14)9-7-8-3-1-2-4-10(8)15-12(9)17-6-5-16/h1-4,7,16H,5-6H2,(H3,13,14). The van der Waals surface area contributed by atoms with Crippen molar-refractivity contribution >= 4 is 28.5 Å². The molecule has 5 heteroatoms. The summed E-state index contributed by atoms with van der Waals surface area (Å²) >= 11 is 1.41. The van der Waals surface area contributed by atoms with Crippen molar-refractivity contribution in [2.75, 3.05) is 12.4 Å². The van der Waals surface area contributed by atoms with Crippen LogP contribution in [0.1, 0.15) is 5.56 Å². The second-order valence-corrected chi connectivity index (χ2v) is 4.60. The molecule has 0 radical (unpaired) electrons. The summed E-state index contributed by atoms with van der Waals surface area (Å²) in [6.45, 7) is 0.0799. The Labute approximate surface area is 103 Å². The van der Waals surface area contributed by atoms with E-state index in [9.17, 15) is 0 Å². The summed E-state index contributed by atoms with van der Waals surface area (Å²) in [6.07, 6.45) is 0. The molecule has 0 aliphatic heterocycles. The molecule has 0 saturated heterocycles. The van der Waals surface area contributed by atoms with Crippen LogP contribution in [0.5, 0.6) is 0 Å². The summed E-state index contributed by atoms with van der Waals surface area (Å²) in [7, 11) is 0. The van der Waals surface area contributed by atoms with Gasteiger partial charge in [0.1, 0.15) is 10.9 Å². The van der Waals surface area contributed by atoms with E-state index in [1.54, 1.807) is 0 Å². The van der Waals surface area contributed by atoms with Crippen LogP contribution in [0.4, 0.5) is 0 Å². The van der Waals surface area contributed by atoms with Crippen LogP contribution in [0.25, 0.3) is 10.9 Å². The maximum atomic E-state index is 8.84. The number of aliphatic hydroxyl groups is 1. The molecule has 2 rings (SSSR count). The number of nitrogens with one attached hydrogen (secondary N) is 1. The van der Waals surface area contributed by atoms with Gasteiger partial charge in [0.25, 0.3) is 0 Å². The van der Waals surface area contributed by atoms with E-state index in [-0.39, 0.29) is 12.4 Å². The van der Waals surface area contributed by atoms with Crippen LogP contribution in [0.2, 0.25) is 0 Å². The molecule has 1 aromatic heterocycles. The summed E-state index contributed by atoms with van der Waals surface area (Å²) in [5.41, 5.74) is 7.04. The van der Waals surface area contributed by atoms with Crippen molar-refractivity contribution in [3.63, 3.8) is 0 Å². The number of para-hydroxylation sites is 1. The molecule has 1 heterocycles. The Morgan fingerprint density at radius 2 is 2.18 bits per heavy atom. The third kappa shape index (κ3) is 2.57. The van der Waals surface area contributed by atoms with Gasteiger partial charge in [-0.3, -0.25) is 5.41 Å². The summed E-state index contributed by atoms with van der Waals surface area (Å²) in [4.78, 5) is 4.46. The predicted molar refractivity (Wildman–Crippen MR) is 70.6 cm³/mol. The Bertz CT molecular complexity index is 556. The average molecular weight is 247 g/mol. The van der Waals surface area contributed by atoms with Crippen LogP contribution in [-0.4, -0.2) is 28.3 Å². The number of benzene rings is 1. The minimum Gasteiger partial charge on any atom is -0.396 e. The second kappa shape index (κ2) is 5.16. The van der Waals surface area contributed by atoms with Gasteiger partial charge in [-0.2, -0.15) is 0 Å². The van der Waals surface area contributed by atoms with Crippen molar-refractivity contribution in [2.45, 2.75) is 5.03 Å². The van der Waals surface area contributed by atoms with Gasteiger partial charge in [-0.25, -0.2) is 4.98 Å². The number of rotatable bonds is 4. The minimum atomic E-state index is 0.00342. The fraction of sp³-hybridized carbons (Fsp3) is 0.167. The van der Waals surface area contributed by atoms with E-state index in [2.05, 4.69) is 4.98 Å². The van der Waals surface area contributed by atoms with E-state index in [4.69, 9.17) is 16.2 Å². The molecule has 0 unspecified atom stereocenters. The van der Waals surface area contributed by atoms with Gasteiger partial charge >= 0.3 is 0 Å². The lowest BCUT2D eigenvalue weighted by molar-refractivity contribution is 0.322. The Kier molecular flexibility index (Phi) is 3.61. The van der Waals surface area contributed by atoms with Crippen LogP contribution >= 0.6 is 11.8 Å². The number of pyridine rings is 1. The molecule has 0 amide bonds. The number of hydrogen-bond acceptors (Lipinski definition) is 4. The van der Waals surface area contributed by atoms with Gasteiger partial charge in [0.15, 0.2) is 0 Å². The maximum Gasteiger partial charge on any atom is 0.125 e. The highest BCUT2D eigenvalue weighted by Gasteiger charge is 2.09. The normalized spacial score (nSPS) is 10.6.